The molecule has 6 heteroatoms. The van der Waals surface area contributed by atoms with Crippen LogP contribution in [0.2, 0.25) is 5.02 Å². The Bertz CT molecular complexity index is 776. The van der Waals surface area contributed by atoms with Gasteiger partial charge in [-0.2, -0.15) is 0 Å². The zero-order valence-corrected chi connectivity index (χ0v) is 12.8. The molecular formula is C17H13ClFNO3. The van der Waals surface area contributed by atoms with Crippen molar-refractivity contribution in [3.8, 4) is 11.5 Å². The molecule has 0 radical (unpaired) electrons. The normalized spacial score (nSPS) is 13.1. The average molecular weight is 334 g/mol. The number of hydrogen-bond donors (Lipinski definition) is 1. The third-order valence-corrected chi connectivity index (χ3v) is 3.46. The Morgan fingerprint density at radius 1 is 1.22 bits per heavy atom. The first-order chi connectivity index (χ1) is 11.1. The second-order valence-electron chi connectivity index (χ2n) is 4.83. The van der Waals surface area contributed by atoms with Crippen molar-refractivity contribution in [3.63, 3.8) is 0 Å². The molecule has 1 aliphatic heterocycles. The van der Waals surface area contributed by atoms with Crippen molar-refractivity contribution in [1.82, 2.24) is 0 Å². The standard InChI is InChI=1S/C17H13ClFNO3/c18-12-9-11(10-15-17(12)23-8-7-22-15)5-6-16(21)20-14-4-2-1-3-13(14)19/h1-6,9-10H,7-8H2,(H,20,21)/b6-5+. The molecule has 0 saturated carbocycles. The van der Waals surface area contributed by atoms with E-state index in [0.29, 0.717) is 35.3 Å². The van der Waals surface area contributed by atoms with Gasteiger partial charge in [0.2, 0.25) is 5.91 Å². The number of benzene rings is 2. The summed E-state index contributed by atoms with van der Waals surface area (Å²) in [6, 6.07) is 9.36. The molecular weight excluding hydrogens is 321 g/mol. The number of carbonyl (C=O) groups is 1. The molecule has 0 saturated heterocycles. The molecule has 1 aliphatic rings. The lowest BCUT2D eigenvalue weighted by Crippen LogP contribution is -2.15. The monoisotopic (exact) mass is 333 g/mol. The number of para-hydroxylation sites is 1. The van der Waals surface area contributed by atoms with Crippen LogP contribution in [-0.4, -0.2) is 19.1 Å². The maximum absolute atomic E-state index is 13.5. The van der Waals surface area contributed by atoms with Crippen LogP contribution < -0.4 is 14.8 Å². The zero-order chi connectivity index (χ0) is 16.2. The average Bonchev–Trinajstić information content (AvgIpc) is 2.55. The minimum atomic E-state index is -0.489. The Balaban J connectivity index is 1.74. The highest BCUT2D eigenvalue weighted by atomic mass is 35.5. The third kappa shape index (κ3) is 3.63. The van der Waals surface area contributed by atoms with Gasteiger partial charge in [0.25, 0.3) is 0 Å². The Morgan fingerprint density at radius 3 is 2.83 bits per heavy atom. The van der Waals surface area contributed by atoms with E-state index in [2.05, 4.69) is 5.32 Å². The van der Waals surface area contributed by atoms with Crippen molar-refractivity contribution in [2.75, 3.05) is 18.5 Å². The molecule has 1 amide bonds. The van der Waals surface area contributed by atoms with Crippen molar-refractivity contribution < 1.29 is 18.7 Å². The molecule has 1 N–H and O–H groups in total. The van der Waals surface area contributed by atoms with Gasteiger partial charge in [0.1, 0.15) is 19.0 Å². The largest absolute Gasteiger partial charge is 0.486 e. The number of ether oxygens (including phenoxy) is 2. The van der Waals surface area contributed by atoms with E-state index in [1.165, 1.54) is 18.2 Å². The van der Waals surface area contributed by atoms with Gasteiger partial charge < -0.3 is 14.8 Å². The summed E-state index contributed by atoms with van der Waals surface area (Å²) in [5.41, 5.74) is 0.810. The predicted octanol–water partition coefficient (Wildman–Crippen LogP) is 3.90. The van der Waals surface area contributed by atoms with Crippen LogP contribution in [0.5, 0.6) is 11.5 Å². The summed E-state index contributed by atoms with van der Waals surface area (Å²) in [6.45, 7) is 0.900. The molecule has 0 spiro atoms. The molecule has 0 fully saturated rings. The highest BCUT2D eigenvalue weighted by Gasteiger charge is 2.16. The summed E-state index contributed by atoms with van der Waals surface area (Å²) >= 11 is 6.12. The third-order valence-electron chi connectivity index (χ3n) is 3.18. The van der Waals surface area contributed by atoms with E-state index < -0.39 is 11.7 Å². The van der Waals surface area contributed by atoms with E-state index in [1.807, 2.05) is 0 Å². The molecule has 4 nitrogen and oxygen atoms in total. The summed E-state index contributed by atoms with van der Waals surface area (Å²) in [5, 5.41) is 2.88. The Labute approximate surface area is 137 Å². The molecule has 0 atom stereocenters. The van der Waals surface area contributed by atoms with E-state index in [9.17, 15) is 9.18 Å². The van der Waals surface area contributed by atoms with Crippen LogP contribution in [0.15, 0.2) is 42.5 Å². The van der Waals surface area contributed by atoms with Crippen LogP contribution in [-0.2, 0) is 4.79 Å². The van der Waals surface area contributed by atoms with Gasteiger partial charge in [0, 0.05) is 6.08 Å². The summed E-state index contributed by atoms with van der Waals surface area (Å²) in [4.78, 5) is 11.9. The van der Waals surface area contributed by atoms with Crippen molar-refractivity contribution in [2.24, 2.45) is 0 Å². The molecule has 118 valence electrons. The molecule has 0 bridgehead atoms. The maximum Gasteiger partial charge on any atom is 0.248 e. The van der Waals surface area contributed by atoms with E-state index in [4.69, 9.17) is 21.1 Å². The van der Waals surface area contributed by atoms with E-state index >= 15 is 0 Å². The molecule has 1 heterocycles. The van der Waals surface area contributed by atoms with E-state index in [0.717, 1.165) is 0 Å². The lowest BCUT2D eigenvalue weighted by molar-refractivity contribution is -0.111. The topological polar surface area (TPSA) is 47.6 Å². The van der Waals surface area contributed by atoms with Gasteiger partial charge in [-0.25, -0.2) is 4.39 Å². The molecule has 0 unspecified atom stereocenters. The summed E-state index contributed by atoms with van der Waals surface area (Å²) in [7, 11) is 0. The van der Waals surface area contributed by atoms with Gasteiger partial charge in [-0.05, 0) is 35.9 Å². The fraction of sp³-hybridized carbons (Fsp3) is 0.118. The van der Waals surface area contributed by atoms with Gasteiger partial charge in [-0.1, -0.05) is 23.7 Å². The van der Waals surface area contributed by atoms with Gasteiger partial charge >= 0.3 is 0 Å². The number of carbonyl (C=O) groups excluding carboxylic acids is 1. The quantitative estimate of drug-likeness (QED) is 0.866. The summed E-state index contributed by atoms with van der Waals surface area (Å²) in [5.74, 6) is 0.113. The number of hydrogen-bond acceptors (Lipinski definition) is 3. The SMILES string of the molecule is O=C(/C=C/c1cc(Cl)c2c(c1)OCCO2)Nc1ccccc1F. The van der Waals surface area contributed by atoms with E-state index in [-0.39, 0.29) is 5.69 Å². The molecule has 0 aromatic heterocycles. The Kier molecular flexibility index (Phi) is 4.48. The van der Waals surface area contributed by atoms with Gasteiger partial charge in [-0.15, -0.1) is 0 Å². The molecule has 0 aliphatic carbocycles. The minimum Gasteiger partial charge on any atom is -0.486 e. The lowest BCUT2D eigenvalue weighted by Gasteiger charge is -2.19. The van der Waals surface area contributed by atoms with Crippen molar-refractivity contribution in [3.05, 3.63) is 58.9 Å². The second kappa shape index (κ2) is 6.71. The Morgan fingerprint density at radius 2 is 2.00 bits per heavy atom. The number of amides is 1. The minimum absolute atomic E-state index is 0.127. The van der Waals surface area contributed by atoms with Gasteiger partial charge in [-0.3, -0.25) is 4.79 Å². The number of anilines is 1. The van der Waals surface area contributed by atoms with Crippen LogP contribution in [0, 0.1) is 5.82 Å². The van der Waals surface area contributed by atoms with Gasteiger partial charge in [0.15, 0.2) is 11.5 Å². The lowest BCUT2D eigenvalue weighted by atomic mass is 10.1. The number of halogens is 2. The highest BCUT2D eigenvalue weighted by molar-refractivity contribution is 6.32. The molecule has 3 rings (SSSR count). The molecule has 2 aromatic rings. The fourth-order valence-corrected chi connectivity index (χ4v) is 2.41. The Hall–Kier alpha value is -2.53. The van der Waals surface area contributed by atoms with Crippen LogP contribution in [0.25, 0.3) is 6.08 Å². The first-order valence-electron chi connectivity index (χ1n) is 6.96. The first-order valence-corrected chi connectivity index (χ1v) is 7.34. The van der Waals surface area contributed by atoms with Crippen LogP contribution in [0.4, 0.5) is 10.1 Å². The van der Waals surface area contributed by atoms with Crippen molar-refractivity contribution in [1.29, 1.82) is 0 Å². The van der Waals surface area contributed by atoms with E-state index in [1.54, 1.807) is 30.3 Å². The smallest absolute Gasteiger partial charge is 0.248 e. The van der Waals surface area contributed by atoms with Crippen molar-refractivity contribution >= 4 is 29.3 Å². The zero-order valence-electron chi connectivity index (χ0n) is 12.0. The number of fused-ring (bicyclic) bond motifs is 1. The van der Waals surface area contributed by atoms with Crippen molar-refractivity contribution in [2.45, 2.75) is 0 Å². The summed E-state index contributed by atoms with van der Waals surface area (Å²) in [6.07, 6.45) is 2.87. The summed E-state index contributed by atoms with van der Waals surface area (Å²) < 4.78 is 24.4. The van der Waals surface area contributed by atoms with Crippen LogP contribution >= 0.6 is 11.6 Å². The second-order valence-corrected chi connectivity index (χ2v) is 5.24. The number of nitrogens with one attached hydrogen (secondary N) is 1. The first kappa shape index (κ1) is 15.4. The fourth-order valence-electron chi connectivity index (χ4n) is 2.14. The molecule has 2 aromatic carbocycles. The number of rotatable bonds is 3. The highest BCUT2D eigenvalue weighted by Crippen LogP contribution is 2.38. The molecule has 23 heavy (non-hydrogen) atoms. The van der Waals surface area contributed by atoms with Crippen LogP contribution in [0.1, 0.15) is 5.56 Å². The van der Waals surface area contributed by atoms with Gasteiger partial charge in [0.05, 0.1) is 10.7 Å². The maximum atomic E-state index is 13.5. The predicted molar refractivity (Wildman–Crippen MR) is 86.5 cm³/mol. The van der Waals surface area contributed by atoms with Crippen LogP contribution in [0.3, 0.4) is 0 Å².